The van der Waals surface area contributed by atoms with E-state index in [0.717, 1.165) is 0 Å². The number of aliphatic hydroxyl groups is 1. The van der Waals surface area contributed by atoms with E-state index in [-0.39, 0.29) is 23.7 Å². The predicted molar refractivity (Wildman–Crippen MR) is 60.9 cm³/mol. The topological polar surface area (TPSA) is 76.0 Å². The minimum absolute atomic E-state index is 0.0350. The second-order valence-electron chi connectivity index (χ2n) is 3.28. The third kappa shape index (κ3) is 3.10. The Kier molecular flexibility index (Phi) is 4.78. The fourth-order valence-electron chi connectivity index (χ4n) is 1.43. The average Bonchev–Trinajstić information content (AvgIpc) is 2.29. The quantitative estimate of drug-likeness (QED) is 0.760. The molecule has 1 aromatic rings. The molecule has 94 valence electrons. The van der Waals surface area contributed by atoms with Crippen LogP contribution in [0.2, 0.25) is 0 Å². The van der Waals surface area contributed by atoms with Crippen LogP contribution in [0.5, 0.6) is 11.5 Å². The van der Waals surface area contributed by atoms with Crippen LogP contribution >= 0.6 is 0 Å². The first-order valence-electron chi connectivity index (χ1n) is 5.41. The number of aliphatic hydroxyl groups excluding tert-OH is 1. The van der Waals surface area contributed by atoms with Crippen molar-refractivity contribution < 1.29 is 24.5 Å². The summed E-state index contributed by atoms with van der Waals surface area (Å²) in [4.78, 5) is 11.4. The smallest absolute Gasteiger partial charge is 0.339 e. The van der Waals surface area contributed by atoms with Crippen molar-refractivity contribution in [3.63, 3.8) is 0 Å². The molecule has 0 radical (unpaired) electrons. The van der Waals surface area contributed by atoms with Crippen LogP contribution in [0.4, 0.5) is 0 Å². The summed E-state index contributed by atoms with van der Waals surface area (Å²) in [7, 11) is 0. The maximum absolute atomic E-state index is 11.4. The Balaban J connectivity index is 3.05. The molecule has 0 saturated carbocycles. The van der Waals surface area contributed by atoms with Gasteiger partial charge in [0.15, 0.2) is 6.10 Å². The van der Waals surface area contributed by atoms with E-state index in [2.05, 4.69) is 0 Å². The third-order valence-electron chi connectivity index (χ3n) is 2.13. The molecule has 0 heterocycles. The maximum atomic E-state index is 11.4. The van der Waals surface area contributed by atoms with E-state index in [1.165, 1.54) is 6.07 Å². The minimum atomic E-state index is -1.54. The highest BCUT2D eigenvalue weighted by molar-refractivity contribution is 5.78. The Morgan fingerprint density at radius 3 is 2.65 bits per heavy atom. The zero-order valence-corrected chi connectivity index (χ0v) is 9.84. The molecule has 1 unspecified atom stereocenters. The number of carbonyl (C=O) groups excluding carboxylic acids is 1. The highest BCUT2D eigenvalue weighted by Gasteiger charge is 2.25. The number of carbonyl (C=O) groups is 1. The number of hydrogen-bond donors (Lipinski definition) is 2. The van der Waals surface area contributed by atoms with Gasteiger partial charge in [-0.1, -0.05) is 6.07 Å². The van der Waals surface area contributed by atoms with E-state index in [4.69, 9.17) is 9.47 Å². The Morgan fingerprint density at radius 1 is 1.35 bits per heavy atom. The third-order valence-corrected chi connectivity index (χ3v) is 2.13. The van der Waals surface area contributed by atoms with Gasteiger partial charge in [0.05, 0.1) is 18.8 Å². The van der Waals surface area contributed by atoms with Gasteiger partial charge >= 0.3 is 5.97 Å². The van der Waals surface area contributed by atoms with Gasteiger partial charge in [-0.05, 0) is 26.0 Å². The van der Waals surface area contributed by atoms with E-state index in [9.17, 15) is 15.0 Å². The number of rotatable bonds is 5. The lowest BCUT2D eigenvalue weighted by molar-refractivity contribution is -0.153. The molecule has 0 fully saturated rings. The first-order chi connectivity index (χ1) is 8.11. The summed E-state index contributed by atoms with van der Waals surface area (Å²) in [5, 5.41) is 19.5. The number of esters is 1. The van der Waals surface area contributed by atoms with Gasteiger partial charge in [-0.3, -0.25) is 0 Å². The molecule has 5 nitrogen and oxygen atoms in total. The van der Waals surface area contributed by atoms with Crippen LogP contribution in [0, 0.1) is 0 Å². The van der Waals surface area contributed by atoms with Crippen molar-refractivity contribution in [2.45, 2.75) is 20.0 Å². The van der Waals surface area contributed by atoms with Crippen molar-refractivity contribution >= 4 is 5.97 Å². The van der Waals surface area contributed by atoms with Gasteiger partial charge in [0.25, 0.3) is 0 Å². The first-order valence-corrected chi connectivity index (χ1v) is 5.41. The molecular weight excluding hydrogens is 224 g/mol. The molecule has 1 rings (SSSR count). The zero-order valence-electron chi connectivity index (χ0n) is 9.84. The van der Waals surface area contributed by atoms with Crippen molar-refractivity contribution in [2.24, 2.45) is 0 Å². The van der Waals surface area contributed by atoms with Crippen molar-refractivity contribution in [2.75, 3.05) is 13.2 Å². The molecule has 0 aromatic heterocycles. The van der Waals surface area contributed by atoms with E-state index < -0.39 is 12.1 Å². The predicted octanol–water partition coefficient (Wildman–Crippen LogP) is 1.39. The molecule has 0 amide bonds. The number of aromatic hydroxyl groups is 1. The normalized spacial score (nSPS) is 11.9. The molecule has 0 saturated heterocycles. The second kappa shape index (κ2) is 6.10. The Morgan fingerprint density at radius 2 is 2.06 bits per heavy atom. The lowest BCUT2D eigenvalue weighted by Crippen LogP contribution is -2.16. The van der Waals surface area contributed by atoms with Gasteiger partial charge in [0.2, 0.25) is 0 Å². The Labute approximate surface area is 99.6 Å². The Bertz CT molecular complexity index is 388. The average molecular weight is 240 g/mol. The largest absolute Gasteiger partial charge is 0.507 e. The fourth-order valence-corrected chi connectivity index (χ4v) is 1.43. The molecule has 0 aliphatic heterocycles. The van der Waals surface area contributed by atoms with Crippen LogP contribution < -0.4 is 4.74 Å². The highest BCUT2D eigenvalue weighted by Crippen LogP contribution is 2.33. The van der Waals surface area contributed by atoms with Gasteiger partial charge in [0.1, 0.15) is 11.5 Å². The van der Waals surface area contributed by atoms with Crippen LogP contribution in [0.3, 0.4) is 0 Å². The van der Waals surface area contributed by atoms with E-state index in [1.54, 1.807) is 26.0 Å². The second-order valence-corrected chi connectivity index (χ2v) is 3.28. The number of ether oxygens (including phenoxy) is 2. The number of hydrogen-bond acceptors (Lipinski definition) is 5. The molecule has 0 aliphatic carbocycles. The first kappa shape index (κ1) is 13.3. The number of benzene rings is 1. The van der Waals surface area contributed by atoms with Crippen LogP contribution in [0.15, 0.2) is 18.2 Å². The lowest BCUT2D eigenvalue weighted by Gasteiger charge is -2.15. The molecule has 0 spiro atoms. The molecule has 1 aromatic carbocycles. The number of phenolic OH excluding ortho intramolecular Hbond substituents is 1. The van der Waals surface area contributed by atoms with E-state index in [1.807, 2.05) is 0 Å². The SMILES string of the molecule is CCOC(=O)C(O)c1c(O)cccc1OCC. The summed E-state index contributed by atoms with van der Waals surface area (Å²) in [6.45, 7) is 3.93. The molecule has 0 bridgehead atoms. The summed E-state index contributed by atoms with van der Waals surface area (Å²) < 4.78 is 9.93. The minimum Gasteiger partial charge on any atom is -0.507 e. The van der Waals surface area contributed by atoms with Crippen molar-refractivity contribution in [3.05, 3.63) is 23.8 Å². The summed E-state index contributed by atoms with van der Waals surface area (Å²) >= 11 is 0. The van der Waals surface area contributed by atoms with Crippen LogP contribution in [-0.4, -0.2) is 29.4 Å². The van der Waals surface area contributed by atoms with Crippen molar-refractivity contribution in [1.29, 1.82) is 0 Å². The molecule has 17 heavy (non-hydrogen) atoms. The fraction of sp³-hybridized carbons (Fsp3) is 0.417. The molecule has 1 atom stereocenters. The molecule has 2 N–H and O–H groups in total. The summed E-state index contributed by atoms with van der Waals surface area (Å²) in [5.41, 5.74) is 0.0350. The van der Waals surface area contributed by atoms with Gasteiger partial charge in [-0.15, -0.1) is 0 Å². The highest BCUT2D eigenvalue weighted by atomic mass is 16.5. The van der Waals surface area contributed by atoms with E-state index >= 15 is 0 Å². The molecule has 0 aliphatic rings. The standard InChI is InChI=1S/C12H16O5/c1-3-16-9-7-5-6-8(13)10(9)11(14)12(15)17-4-2/h5-7,11,13-14H,3-4H2,1-2H3. The zero-order chi connectivity index (χ0) is 12.8. The van der Waals surface area contributed by atoms with Crippen LogP contribution in [-0.2, 0) is 9.53 Å². The molecular formula is C12H16O5. The maximum Gasteiger partial charge on any atom is 0.339 e. The van der Waals surface area contributed by atoms with Gasteiger partial charge in [-0.25, -0.2) is 4.79 Å². The van der Waals surface area contributed by atoms with Gasteiger partial charge in [0, 0.05) is 0 Å². The van der Waals surface area contributed by atoms with Crippen molar-refractivity contribution in [3.8, 4) is 11.5 Å². The van der Waals surface area contributed by atoms with Gasteiger partial charge < -0.3 is 19.7 Å². The van der Waals surface area contributed by atoms with Crippen LogP contribution in [0.25, 0.3) is 0 Å². The summed E-state index contributed by atoms with van der Waals surface area (Å²) in [6.07, 6.45) is -1.54. The Hall–Kier alpha value is -1.75. The summed E-state index contributed by atoms with van der Waals surface area (Å²) in [5.74, 6) is -0.737. The molecule has 5 heteroatoms. The van der Waals surface area contributed by atoms with E-state index in [0.29, 0.717) is 6.61 Å². The number of phenols is 1. The lowest BCUT2D eigenvalue weighted by atomic mass is 10.1. The van der Waals surface area contributed by atoms with Crippen molar-refractivity contribution in [1.82, 2.24) is 0 Å². The summed E-state index contributed by atoms with van der Waals surface area (Å²) in [6, 6.07) is 4.52. The van der Waals surface area contributed by atoms with Crippen LogP contribution in [0.1, 0.15) is 25.5 Å². The van der Waals surface area contributed by atoms with Gasteiger partial charge in [-0.2, -0.15) is 0 Å². The monoisotopic (exact) mass is 240 g/mol.